The van der Waals surface area contributed by atoms with Crippen molar-refractivity contribution in [3.63, 3.8) is 0 Å². The van der Waals surface area contributed by atoms with Crippen LogP contribution < -0.4 is 0 Å². The summed E-state index contributed by atoms with van der Waals surface area (Å²) < 4.78 is 27.7. The zero-order chi connectivity index (χ0) is 13.5. The monoisotopic (exact) mass is 371 g/mol. The third-order valence-electron chi connectivity index (χ3n) is 3.39. The van der Waals surface area contributed by atoms with Crippen molar-refractivity contribution >= 4 is 48.9 Å². The van der Waals surface area contributed by atoms with E-state index in [0.29, 0.717) is 26.3 Å². The van der Waals surface area contributed by atoms with E-state index in [4.69, 9.17) is 11.6 Å². The van der Waals surface area contributed by atoms with Crippen molar-refractivity contribution in [2.24, 2.45) is 5.92 Å². The second kappa shape index (κ2) is 5.40. The van der Waals surface area contributed by atoms with Crippen LogP contribution in [-0.4, -0.2) is 30.6 Å². The molecule has 3 nitrogen and oxygen atoms in total. The molecule has 1 aromatic rings. The van der Waals surface area contributed by atoms with E-state index in [1.54, 1.807) is 10.4 Å². The van der Waals surface area contributed by atoms with Gasteiger partial charge in [0.2, 0.25) is 0 Å². The summed E-state index contributed by atoms with van der Waals surface area (Å²) in [5.74, 6) is 0.385. The summed E-state index contributed by atoms with van der Waals surface area (Å²) in [7, 11) is -3.40. The summed E-state index contributed by atoms with van der Waals surface area (Å²) in [6.07, 6.45) is 0.910. The van der Waals surface area contributed by atoms with Crippen LogP contribution in [0.2, 0.25) is 4.34 Å². The minimum atomic E-state index is -3.40. The van der Waals surface area contributed by atoms with Crippen molar-refractivity contribution in [1.82, 2.24) is 4.31 Å². The minimum absolute atomic E-state index is 0.0381. The van der Waals surface area contributed by atoms with Gasteiger partial charge in [0.1, 0.15) is 4.21 Å². The molecule has 2 atom stereocenters. The van der Waals surface area contributed by atoms with Gasteiger partial charge in [-0.25, -0.2) is 8.42 Å². The number of aryl methyl sites for hydroxylation is 1. The molecule has 0 spiro atoms. The molecule has 1 saturated heterocycles. The normalized spacial score (nSPS) is 25.8. The van der Waals surface area contributed by atoms with Gasteiger partial charge in [0.05, 0.1) is 4.34 Å². The SMILES string of the molecule is Cc1cc(S(=O)(=O)N2CCC(C)C2CBr)sc1Cl. The predicted molar refractivity (Wildman–Crippen MR) is 79.3 cm³/mol. The maximum Gasteiger partial charge on any atom is 0.252 e. The van der Waals surface area contributed by atoms with Crippen LogP contribution in [0.3, 0.4) is 0 Å². The van der Waals surface area contributed by atoms with Crippen LogP contribution in [0.4, 0.5) is 0 Å². The number of hydrogen-bond donors (Lipinski definition) is 0. The molecule has 18 heavy (non-hydrogen) atoms. The van der Waals surface area contributed by atoms with Crippen molar-refractivity contribution < 1.29 is 8.42 Å². The van der Waals surface area contributed by atoms with E-state index in [1.165, 1.54) is 0 Å². The topological polar surface area (TPSA) is 37.4 Å². The van der Waals surface area contributed by atoms with Crippen LogP contribution in [-0.2, 0) is 10.0 Å². The first-order valence-electron chi connectivity index (χ1n) is 5.71. The molecule has 2 rings (SSSR count). The van der Waals surface area contributed by atoms with Crippen LogP contribution in [0, 0.1) is 12.8 Å². The van der Waals surface area contributed by atoms with Gasteiger partial charge < -0.3 is 0 Å². The molecule has 2 unspecified atom stereocenters. The highest BCUT2D eigenvalue weighted by molar-refractivity contribution is 9.09. The van der Waals surface area contributed by atoms with Gasteiger partial charge in [-0.3, -0.25) is 0 Å². The van der Waals surface area contributed by atoms with E-state index in [0.717, 1.165) is 23.3 Å². The predicted octanol–water partition coefficient (Wildman–Crippen LogP) is 3.50. The Bertz CT molecular complexity index is 524. The summed E-state index contributed by atoms with van der Waals surface area (Å²) in [5.41, 5.74) is 0.822. The summed E-state index contributed by atoms with van der Waals surface area (Å²) in [6, 6.07) is 1.70. The lowest BCUT2D eigenvalue weighted by Crippen LogP contribution is -2.38. The smallest absolute Gasteiger partial charge is 0.206 e. The summed E-state index contributed by atoms with van der Waals surface area (Å²) in [6.45, 7) is 4.51. The highest BCUT2D eigenvalue weighted by atomic mass is 79.9. The zero-order valence-electron chi connectivity index (χ0n) is 10.2. The van der Waals surface area contributed by atoms with Gasteiger partial charge >= 0.3 is 0 Å². The van der Waals surface area contributed by atoms with Gasteiger partial charge in [0.15, 0.2) is 0 Å². The van der Waals surface area contributed by atoms with Crippen LogP contribution >= 0.6 is 38.9 Å². The van der Waals surface area contributed by atoms with Crippen LogP contribution in [0.1, 0.15) is 18.9 Å². The quantitative estimate of drug-likeness (QED) is 0.761. The largest absolute Gasteiger partial charge is 0.252 e. The molecule has 0 aromatic carbocycles. The van der Waals surface area contributed by atoms with Gasteiger partial charge in [-0.2, -0.15) is 4.31 Å². The van der Waals surface area contributed by atoms with E-state index in [2.05, 4.69) is 22.9 Å². The molecular weight excluding hydrogens is 358 g/mol. The Morgan fingerprint density at radius 3 is 2.78 bits per heavy atom. The van der Waals surface area contributed by atoms with Crippen LogP contribution in [0.15, 0.2) is 10.3 Å². The fraction of sp³-hybridized carbons (Fsp3) is 0.636. The lowest BCUT2D eigenvalue weighted by atomic mass is 10.1. The first-order valence-corrected chi connectivity index (χ1v) is 9.47. The summed E-state index contributed by atoms with van der Waals surface area (Å²) >= 11 is 10.5. The van der Waals surface area contributed by atoms with E-state index >= 15 is 0 Å². The molecule has 7 heteroatoms. The van der Waals surface area contributed by atoms with E-state index in [9.17, 15) is 8.42 Å². The maximum atomic E-state index is 12.6. The number of thiophene rings is 1. The number of alkyl halides is 1. The van der Waals surface area contributed by atoms with Crippen molar-refractivity contribution in [3.05, 3.63) is 16.0 Å². The standard InChI is InChI=1S/C11H15BrClNO2S2/c1-7-3-4-14(9(7)6-12)18(15,16)10-5-8(2)11(13)17-10/h5,7,9H,3-4,6H2,1-2H3. The van der Waals surface area contributed by atoms with Gasteiger partial charge in [0, 0.05) is 17.9 Å². The molecule has 1 fully saturated rings. The molecule has 102 valence electrons. The van der Waals surface area contributed by atoms with Gasteiger partial charge in [0.25, 0.3) is 10.0 Å². The number of sulfonamides is 1. The van der Waals surface area contributed by atoms with Crippen molar-refractivity contribution in [2.45, 2.75) is 30.5 Å². The third kappa shape index (κ3) is 2.50. The lowest BCUT2D eigenvalue weighted by Gasteiger charge is -2.23. The third-order valence-corrected chi connectivity index (χ3v) is 7.98. The first kappa shape index (κ1) is 14.8. The number of hydrogen-bond acceptors (Lipinski definition) is 3. The van der Waals surface area contributed by atoms with E-state index in [1.807, 2.05) is 6.92 Å². The van der Waals surface area contributed by atoms with Crippen LogP contribution in [0.25, 0.3) is 0 Å². The molecule has 0 radical (unpaired) electrons. The molecule has 0 amide bonds. The lowest BCUT2D eigenvalue weighted by molar-refractivity contribution is 0.379. The Balaban J connectivity index is 2.37. The van der Waals surface area contributed by atoms with Gasteiger partial charge in [-0.05, 0) is 30.9 Å². The fourth-order valence-electron chi connectivity index (χ4n) is 2.17. The van der Waals surface area contributed by atoms with Gasteiger partial charge in [-0.15, -0.1) is 11.3 Å². The van der Waals surface area contributed by atoms with Crippen molar-refractivity contribution in [3.8, 4) is 0 Å². The Labute approximate surface area is 125 Å². The molecule has 0 aliphatic carbocycles. The second-order valence-corrected chi connectivity index (χ2v) is 9.04. The molecule has 1 aliphatic rings. The Hall–Kier alpha value is 0.380. The molecule has 1 aliphatic heterocycles. The average Bonchev–Trinajstić information content (AvgIpc) is 2.84. The van der Waals surface area contributed by atoms with E-state index < -0.39 is 10.0 Å². The molecule has 0 saturated carbocycles. The van der Waals surface area contributed by atoms with Gasteiger partial charge in [-0.1, -0.05) is 34.5 Å². The number of nitrogens with zero attached hydrogens (tertiary/aromatic N) is 1. The highest BCUT2D eigenvalue weighted by Gasteiger charge is 2.39. The Morgan fingerprint density at radius 1 is 1.61 bits per heavy atom. The van der Waals surface area contributed by atoms with Crippen LogP contribution in [0.5, 0.6) is 0 Å². The molecule has 1 aromatic heterocycles. The second-order valence-electron chi connectivity index (χ2n) is 4.63. The summed E-state index contributed by atoms with van der Waals surface area (Å²) in [4.78, 5) is 0. The van der Waals surface area contributed by atoms with Crippen molar-refractivity contribution in [1.29, 1.82) is 0 Å². The maximum absolute atomic E-state index is 12.6. The molecular formula is C11H15BrClNO2S2. The molecule has 0 bridgehead atoms. The Kier molecular flexibility index (Phi) is 4.44. The first-order chi connectivity index (χ1) is 8.37. The molecule has 0 N–H and O–H groups in total. The summed E-state index contributed by atoms with van der Waals surface area (Å²) in [5, 5.41) is 0.672. The number of halogens is 2. The van der Waals surface area contributed by atoms with Crippen molar-refractivity contribution in [2.75, 3.05) is 11.9 Å². The minimum Gasteiger partial charge on any atom is -0.206 e. The Morgan fingerprint density at radius 2 is 2.28 bits per heavy atom. The van der Waals surface area contributed by atoms with E-state index in [-0.39, 0.29) is 6.04 Å². The number of rotatable bonds is 3. The zero-order valence-corrected chi connectivity index (χ0v) is 14.2. The highest BCUT2D eigenvalue weighted by Crippen LogP contribution is 2.36. The molecule has 2 heterocycles. The average molecular weight is 373 g/mol. The fourth-order valence-corrected chi connectivity index (χ4v) is 6.93.